The lowest BCUT2D eigenvalue weighted by molar-refractivity contribution is 0.171. The molecule has 1 aliphatic carbocycles. The van der Waals surface area contributed by atoms with Crippen LogP contribution in [-0.2, 0) is 6.42 Å². The summed E-state index contributed by atoms with van der Waals surface area (Å²) in [5, 5.41) is 0. The second-order valence-electron chi connectivity index (χ2n) is 8.56. The lowest BCUT2D eigenvalue weighted by Crippen LogP contribution is -2.47. The van der Waals surface area contributed by atoms with Crippen LogP contribution in [0.4, 0.5) is 5.69 Å². The van der Waals surface area contributed by atoms with Gasteiger partial charge in [0.2, 0.25) is 0 Å². The molecule has 1 fully saturated rings. The van der Waals surface area contributed by atoms with Crippen molar-refractivity contribution in [2.75, 3.05) is 65.1 Å². The highest BCUT2D eigenvalue weighted by molar-refractivity contribution is 5.65. The molecule has 0 N–H and O–H groups in total. The summed E-state index contributed by atoms with van der Waals surface area (Å²) in [7, 11) is 3.43. The fourth-order valence-electron chi connectivity index (χ4n) is 5.18. The van der Waals surface area contributed by atoms with Crippen molar-refractivity contribution in [3.8, 4) is 23.0 Å². The maximum atomic E-state index is 5.92. The molecule has 3 aliphatic rings. The minimum Gasteiger partial charge on any atom is -0.493 e. The second kappa shape index (κ2) is 8.87. The number of ether oxygens (including phenoxy) is 4. The molecular weight excluding hydrogens is 392 g/mol. The molecule has 1 unspecified atom stereocenters. The highest BCUT2D eigenvalue weighted by Gasteiger charge is 2.27. The number of para-hydroxylation sites is 1. The first-order valence-corrected chi connectivity index (χ1v) is 11.4. The Morgan fingerprint density at radius 1 is 0.968 bits per heavy atom. The fraction of sp³-hybridized carbons (Fsp3) is 0.520. The number of aryl methyl sites for hydroxylation is 1. The number of benzene rings is 2. The predicted molar refractivity (Wildman–Crippen MR) is 121 cm³/mol. The molecular formula is C25H32N2O4. The Bertz CT molecular complexity index is 924. The normalized spacial score (nSPS) is 20.5. The first-order valence-electron chi connectivity index (χ1n) is 11.4. The van der Waals surface area contributed by atoms with Crippen LogP contribution < -0.4 is 23.8 Å². The Morgan fingerprint density at radius 2 is 1.74 bits per heavy atom. The van der Waals surface area contributed by atoms with E-state index < -0.39 is 0 Å². The van der Waals surface area contributed by atoms with Gasteiger partial charge in [-0.15, -0.1) is 0 Å². The van der Waals surface area contributed by atoms with Crippen LogP contribution in [-0.4, -0.2) is 65.1 Å². The minimum absolute atomic E-state index is 0.611. The largest absolute Gasteiger partial charge is 0.493 e. The van der Waals surface area contributed by atoms with E-state index in [1.807, 2.05) is 6.07 Å². The molecule has 0 spiro atoms. The van der Waals surface area contributed by atoms with Gasteiger partial charge in [0.25, 0.3) is 0 Å². The third kappa shape index (κ3) is 4.01. The van der Waals surface area contributed by atoms with Crippen molar-refractivity contribution in [3.63, 3.8) is 0 Å². The lowest BCUT2D eigenvalue weighted by atomic mass is 9.97. The summed E-state index contributed by atoms with van der Waals surface area (Å²) in [5.74, 6) is 4.08. The molecule has 0 aromatic heterocycles. The summed E-state index contributed by atoms with van der Waals surface area (Å²) in [6.07, 6.45) is 3.55. The van der Waals surface area contributed by atoms with Crippen LogP contribution >= 0.6 is 0 Å². The minimum atomic E-state index is 0.611. The van der Waals surface area contributed by atoms with Crippen molar-refractivity contribution >= 4 is 5.69 Å². The van der Waals surface area contributed by atoms with Crippen molar-refractivity contribution in [1.82, 2.24) is 4.90 Å². The third-order valence-electron chi connectivity index (χ3n) is 6.90. The van der Waals surface area contributed by atoms with Gasteiger partial charge in [-0.05, 0) is 67.1 Å². The molecule has 6 nitrogen and oxygen atoms in total. The topological polar surface area (TPSA) is 43.4 Å². The van der Waals surface area contributed by atoms with E-state index in [1.54, 1.807) is 14.2 Å². The van der Waals surface area contributed by atoms with E-state index >= 15 is 0 Å². The van der Waals surface area contributed by atoms with Crippen LogP contribution in [0.25, 0.3) is 0 Å². The van der Waals surface area contributed by atoms with Gasteiger partial charge in [-0.3, -0.25) is 4.90 Å². The summed E-state index contributed by atoms with van der Waals surface area (Å²) in [4.78, 5) is 5.04. The molecule has 2 heterocycles. The summed E-state index contributed by atoms with van der Waals surface area (Å²) in [6, 6.07) is 10.6. The first-order chi connectivity index (χ1) is 15.3. The number of piperazine rings is 1. The molecule has 5 rings (SSSR count). The van der Waals surface area contributed by atoms with Crippen molar-refractivity contribution in [1.29, 1.82) is 0 Å². The van der Waals surface area contributed by atoms with E-state index in [4.69, 9.17) is 18.9 Å². The summed E-state index contributed by atoms with van der Waals surface area (Å²) < 4.78 is 22.7. The summed E-state index contributed by atoms with van der Waals surface area (Å²) in [5.41, 5.74) is 4.04. The molecule has 2 aromatic rings. The molecule has 2 aromatic carbocycles. The van der Waals surface area contributed by atoms with Crippen LogP contribution in [0.5, 0.6) is 23.0 Å². The van der Waals surface area contributed by atoms with Gasteiger partial charge in [0.05, 0.1) is 19.9 Å². The van der Waals surface area contributed by atoms with Gasteiger partial charge in [-0.2, -0.15) is 0 Å². The average molecular weight is 425 g/mol. The van der Waals surface area contributed by atoms with E-state index in [2.05, 4.69) is 34.1 Å². The number of anilines is 1. The molecule has 31 heavy (non-hydrogen) atoms. The van der Waals surface area contributed by atoms with Crippen LogP contribution in [0, 0.1) is 0 Å². The summed E-state index contributed by atoms with van der Waals surface area (Å²) >= 11 is 0. The van der Waals surface area contributed by atoms with E-state index in [-0.39, 0.29) is 0 Å². The average Bonchev–Trinajstić information content (AvgIpc) is 3.23. The monoisotopic (exact) mass is 424 g/mol. The van der Waals surface area contributed by atoms with E-state index in [0.29, 0.717) is 19.1 Å². The van der Waals surface area contributed by atoms with Gasteiger partial charge in [0.1, 0.15) is 13.2 Å². The van der Waals surface area contributed by atoms with Crippen LogP contribution in [0.15, 0.2) is 30.3 Å². The maximum absolute atomic E-state index is 5.92. The van der Waals surface area contributed by atoms with E-state index in [9.17, 15) is 0 Å². The number of rotatable bonds is 6. The zero-order valence-electron chi connectivity index (χ0n) is 18.6. The van der Waals surface area contributed by atoms with Gasteiger partial charge >= 0.3 is 0 Å². The first kappa shape index (κ1) is 20.3. The lowest BCUT2D eigenvalue weighted by Gasteiger charge is -2.37. The number of methoxy groups -OCH3 is 2. The Kier molecular flexibility index (Phi) is 5.81. The zero-order valence-corrected chi connectivity index (χ0v) is 18.6. The van der Waals surface area contributed by atoms with Crippen LogP contribution in [0.2, 0.25) is 0 Å². The van der Waals surface area contributed by atoms with Gasteiger partial charge in [-0.1, -0.05) is 6.07 Å². The van der Waals surface area contributed by atoms with Crippen molar-refractivity contribution in [3.05, 3.63) is 41.5 Å². The van der Waals surface area contributed by atoms with Crippen molar-refractivity contribution in [2.45, 2.75) is 25.2 Å². The molecule has 0 radical (unpaired) electrons. The summed E-state index contributed by atoms with van der Waals surface area (Å²) in [6.45, 7) is 6.60. The number of fused-ring (bicyclic) bond motifs is 2. The molecule has 0 bridgehead atoms. The Morgan fingerprint density at radius 3 is 2.55 bits per heavy atom. The highest BCUT2D eigenvalue weighted by Crippen LogP contribution is 2.42. The molecule has 166 valence electrons. The molecule has 0 amide bonds. The molecule has 1 atom stereocenters. The maximum Gasteiger partial charge on any atom is 0.184 e. The second-order valence-corrected chi connectivity index (χ2v) is 8.56. The SMILES string of the molecule is COc1cc2c(cc1OC)C(CCN1CCN(c3cccc4c3OCCO4)CC1)CC2. The number of hydrogen-bond acceptors (Lipinski definition) is 6. The smallest absolute Gasteiger partial charge is 0.184 e. The highest BCUT2D eigenvalue weighted by atomic mass is 16.6. The number of nitrogens with zero attached hydrogens (tertiary/aromatic N) is 2. The zero-order chi connectivity index (χ0) is 21.2. The molecule has 1 saturated heterocycles. The van der Waals surface area contributed by atoms with Gasteiger partial charge < -0.3 is 23.8 Å². The van der Waals surface area contributed by atoms with Gasteiger partial charge in [-0.25, -0.2) is 0 Å². The molecule has 6 heteroatoms. The Hall–Kier alpha value is -2.60. The van der Waals surface area contributed by atoms with Crippen molar-refractivity contribution in [2.24, 2.45) is 0 Å². The fourth-order valence-corrected chi connectivity index (χ4v) is 5.18. The molecule has 2 aliphatic heterocycles. The predicted octanol–water partition coefficient (Wildman–Crippen LogP) is 3.72. The molecule has 0 saturated carbocycles. The quantitative estimate of drug-likeness (QED) is 0.704. The Balaban J connectivity index is 1.18. The van der Waals surface area contributed by atoms with Crippen LogP contribution in [0.1, 0.15) is 29.9 Å². The van der Waals surface area contributed by atoms with Gasteiger partial charge in [0.15, 0.2) is 23.0 Å². The third-order valence-corrected chi connectivity index (χ3v) is 6.90. The number of hydrogen-bond donors (Lipinski definition) is 0. The van der Waals surface area contributed by atoms with Gasteiger partial charge in [0, 0.05) is 26.2 Å². The standard InChI is InChI=1S/C25H32N2O4/c1-28-23-16-19-7-6-18(20(19)17-24(23)29-2)8-9-26-10-12-27(13-11-26)21-4-3-5-22-25(21)31-15-14-30-22/h3-5,16-18H,6-15H2,1-2H3. The Labute approximate surface area is 184 Å². The van der Waals surface area contributed by atoms with Crippen LogP contribution in [0.3, 0.4) is 0 Å². The van der Waals surface area contributed by atoms with E-state index in [0.717, 1.165) is 62.1 Å². The van der Waals surface area contributed by atoms with Crippen molar-refractivity contribution < 1.29 is 18.9 Å². The van der Waals surface area contributed by atoms with E-state index in [1.165, 1.54) is 29.7 Å².